The first-order valence-corrected chi connectivity index (χ1v) is 12.3. The molecular formula is C29H28N4O4. The normalized spacial score (nSPS) is 13.8. The number of amides is 1. The summed E-state index contributed by atoms with van der Waals surface area (Å²) in [6, 6.07) is 21.6. The van der Waals surface area contributed by atoms with Gasteiger partial charge >= 0.3 is 0 Å². The quantitative estimate of drug-likeness (QED) is 0.356. The molecule has 0 unspecified atom stereocenters. The van der Waals surface area contributed by atoms with E-state index >= 15 is 0 Å². The summed E-state index contributed by atoms with van der Waals surface area (Å²) in [7, 11) is 0. The predicted molar refractivity (Wildman–Crippen MR) is 138 cm³/mol. The summed E-state index contributed by atoms with van der Waals surface area (Å²) in [5.41, 5.74) is 3.58. The van der Waals surface area contributed by atoms with Gasteiger partial charge in [0.1, 0.15) is 18.4 Å². The minimum absolute atomic E-state index is 0.0359. The second-order valence-electron chi connectivity index (χ2n) is 9.16. The number of hydrogen-bond acceptors (Lipinski definition) is 7. The first-order valence-electron chi connectivity index (χ1n) is 12.3. The lowest BCUT2D eigenvalue weighted by Crippen LogP contribution is -2.40. The van der Waals surface area contributed by atoms with Gasteiger partial charge in [0, 0.05) is 25.6 Å². The number of anilines is 1. The number of benzene rings is 2. The van der Waals surface area contributed by atoms with Gasteiger partial charge in [-0.05, 0) is 55.2 Å². The van der Waals surface area contributed by atoms with Crippen LogP contribution >= 0.6 is 0 Å². The Hall–Kier alpha value is -4.51. The van der Waals surface area contributed by atoms with E-state index in [1.165, 1.54) is 11.8 Å². The number of aryl methyl sites for hydroxylation is 1. The van der Waals surface area contributed by atoms with Gasteiger partial charge in [-0.3, -0.25) is 4.79 Å². The molecule has 3 heterocycles. The fourth-order valence-corrected chi connectivity index (χ4v) is 4.46. The number of piperidine rings is 1. The molecule has 188 valence electrons. The van der Waals surface area contributed by atoms with Gasteiger partial charge in [0.2, 0.25) is 17.5 Å². The first kappa shape index (κ1) is 24.2. The number of carbonyl (C=O) groups excluding carboxylic acids is 1. The second kappa shape index (κ2) is 11.0. The SMILES string of the molecule is Cc1cccc(COc2ccc(CNC(=O)C3CCN(c4oc(-c5ccco5)nc4C#N)CC3)cc2)c1. The van der Waals surface area contributed by atoms with Crippen molar-refractivity contribution in [1.29, 1.82) is 5.26 Å². The molecular weight excluding hydrogens is 468 g/mol. The van der Waals surface area contributed by atoms with Gasteiger partial charge in [-0.25, -0.2) is 0 Å². The Labute approximate surface area is 215 Å². The summed E-state index contributed by atoms with van der Waals surface area (Å²) < 4.78 is 17.0. The van der Waals surface area contributed by atoms with E-state index in [1.54, 1.807) is 12.1 Å². The zero-order valence-corrected chi connectivity index (χ0v) is 20.6. The maximum atomic E-state index is 12.8. The Morgan fingerprint density at radius 1 is 1.14 bits per heavy atom. The van der Waals surface area contributed by atoms with E-state index in [0.29, 0.717) is 50.7 Å². The zero-order valence-electron chi connectivity index (χ0n) is 20.6. The number of ether oxygens (including phenoxy) is 1. The highest BCUT2D eigenvalue weighted by Crippen LogP contribution is 2.31. The van der Waals surface area contributed by atoms with Crippen LogP contribution in [-0.4, -0.2) is 24.0 Å². The van der Waals surface area contributed by atoms with Crippen molar-refractivity contribution in [2.75, 3.05) is 18.0 Å². The minimum atomic E-state index is -0.0915. The number of nitrogens with one attached hydrogen (secondary N) is 1. The number of oxazole rings is 1. The van der Waals surface area contributed by atoms with E-state index in [2.05, 4.69) is 35.4 Å². The van der Waals surface area contributed by atoms with E-state index < -0.39 is 0 Å². The van der Waals surface area contributed by atoms with Crippen LogP contribution in [0.25, 0.3) is 11.7 Å². The Bertz CT molecular complexity index is 1380. The van der Waals surface area contributed by atoms with Crippen molar-refractivity contribution in [3.05, 3.63) is 89.3 Å². The molecule has 37 heavy (non-hydrogen) atoms. The summed E-state index contributed by atoms with van der Waals surface area (Å²) in [5, 5.41) is 12.5. The van der Waals surface area contributed by atoms with Gasteiger partial charge in [-0.1, -0.05) is 42.0 Å². The molecule has 1 saturated heterocycles. The molecule has 2 aromatic carbocycles. The van der Waals surface area contributed by atoms with Crippen molar-refractivity contribution in [3.8, 4) is 23.5 Å². The summed E-state index contributed by atoms with van der Waals surface area (Å²) in [6.07, 6.45) is 2.86. The maximum absolute atomic E-state index is 12.8. The maximum Gasteiger partial charge on any atom is 0.266 e. The monoisotopic (exact) mass is 496 g/mol. The summed E-state index contributed by atoms with van der Waals surface area (Å²) in [5.74, 6) is 1.92. The highest BCUT2D eigenvalue weighted by atomic mass is 16.5. The smallest absolute Gasteiger partial charge is 0.266 e. The van der Waals surface area contributed by atoms with E-state index in [-0.39, 0.29) is 23.4 Å². The van der Waals surface area contributed by atoms with Gasteiger partial charge in [0.15, 0.2) is 5.76 Å². The van der Waals surface area contributed by atoms with Crippen molar-refractivity contribution < 1.29 is 18.4 Å². The third-order valence-electron chi connectivity index (χ3n) is 6.48. The zero-order chi connectivity index (χ0) is 25.6. The van der Waals surface area contributed by atoms with Gasteiger partial charge in [-0.2, -0.15) is 10.2 Å². The molecule has 0 spiro atoms. The average Bonchev–Trinajstić information content (AvgIpc) is 3.62. The Balaban J connectivity index is 1.09. The van der Waals surface area contributed by atoms with Gasteiger partial charge in [-0.15, -0.1) is 0 Å². The number of furan rings is 1. The molecule has 0 bridgehead atoms. The van der Waals surface area contributed by atoms with Gasteiger partial charge < -0.3 is 23.8 Å². The van der Waals surface area contributed by atoms with Crippen LogP contribution in [-0.2, 0) is 17.9 Å². The molecule has 0 atom stereocenters. The molecule has 1 aliphatic heterocycles. The fraction of sp³-hybridized carbons (Fsp3) is 0.276. The minimum Gasteiger partial charge on any atom is -0.489 e. The third-order valence-corrected chi connectivity index (χ3v) is 6.48. The van der Waals surface area contributed by atoms with Crippen LogP contribution in [0.3, 0.4) is 0 Å². The van der Waals surface area contributed by atoms with Crippen molar-refractivity contribution in [2.24, 2.45) is 5.92 Å². The predicted octanol–water partition coefficient (Wildman–Crippen LogP) is 5.23. The number of aromatic nitrogens is 1. The molecule has 1 N–H and O–H groups in total. The molecule has 1 aliphatic rings. The van der Waals surface area contributed by atoms with Crippen LogP contribution in [0.15, 0.2) is 75.8 Å². The molecule has 0 aliphatic carbocycles. The molecule has 0 radical (unpaired) electrons. The Morgan fingerprint density at radius 3 is 2.65 bits per heavy atom. The van der Waals surface area contributed by atoms with Crippen LogP contribution in [0.1, 0.15) is 35.2 Å². The first-order chi connectivity index (χ1) is 18.1. The highest BCUT2D eigenvalue weighted by Gasteiger charge is 2.29. The largest absolute Gasteiger partial charge is 0.489 e. The van der Waals surface area contributed by atoms with Crippen molar-refractivity contribution in [1.82, 2.24) is 10.3 Å². The van der Waals surface area contributed by atoms with E-state index in [0.717, 1.165) is 16.9 Å². The third kappa shape index (κ3) is 5.84. The second-order valence-corrected chi connectivity index (χ2v) is 9.16. The molecule has 1 fully saturated rings. The van der Waals surface area contributed by atoms with Crippen LogP contribution in [0.5, 0.6) is 5.75 Å². The van der Waals surface area contributed by atoms with E-state index in [1.807, 2.05) is 41.3 Å². The standard InChI is InChI=1S/C29H28N4O4/c1-20-4-2-5-22(16-20)19-36-24-9-7-21(8-10-24)18-31-27(34)23-11-13-33(14-12-23)29-25(17-30)32-28(37-29)26-6-3-15-35-26/h2-10,15-16,23H,11-14,18-19H2,1H3,(H,31,34). The molecule has 1 amide bonds. The van der Waals surface area contributed by atoms with Crippen LogP contribution in [0.2, 0.25) is 0 Å². The molecule has 0 saturated carbocycles. The lowest BCUT2D eigenvalue weighted by molar-refractivity contribution is -0.125. The highest BCUT2D eigenvalue weighted by molar-refractivity contribution is 5.79. The number of rotatable bonds is 8. The van der Waals surface area contributed by atoms with Crippen molar-refractivity contribution >= 4 is 11.8 Å². The van der Waals surface area contributed by atoms with E-state index in [9.17, 15) is 10.1 Å². The summed E-state index contributed by atoms with van der Waals surface area (Å²) >= 11 is 0. The number of carbonyl (C=O) groups is 1. The lowest BCUT2D eigenvalue weighted by atomic mass is 9.96. The summed E-state index contributed by atoms with van der Waals surface area (Å²) in [6.45, 7) is 4.25. The number of hydrogen-bond donors (Lipinski definition) is 1. The Kier molecular flexibility index (Phi) is 7.22. The lowest BCUT2D eigenvalue weighted by Gasteiger charge is -2.31. The Morgan fingerprint density at radius 2 is 1.95 bits per heavy atom. The fourth-order valence-electron chi connectivity index (χ4n) is 4.46. The number of nitriles is 1. The van der Waals surface area contributed by atoms with E-state index in [4.69, 9.17) is 13.6 Å². The number of nitrogens with zero attached hydrogens (tertiary/aromatic N) is 3. The van der Waals surface area contributed by atoms with Crippen LogP contribution in [0, 0.1) is 24.2 Å². The molecule has 5 rings (SSSR count). The van der Waals surface area contributed by atoms with Crippen LogP contribution in [0.4, 0.5) is 5.88 Å². The molecule has 8 nitrogen and oxygen atoms in total. The molecule has 4 aromatic rings. The topological polar surface area (TPSA) is 105 Å². The summed E-state index contributed by atoms with van der Waals surface area (Å²) in [4.78, 5) is 19.0. The van der Waals surface area contributed by atoms with Crippen molar-refractivity contribution in [3.63, 3.8) is 0 Å². The average molecular weight is 497 g/mol. The molecule has 8 heteroatoms. The van der Waals surface area contributed by atoms with Crippen LogP contribution < -0.4 is 15.0 Å². The van der Waals surface area contributed by atoms with Gasteiger partial charge in [0.25, 0.3) is 5.89 Å². The van der Waals surface area contributed by atoms with Crippen molar-refractivity contribution in [2.45, 2.75) is 32.9 Å². The molecule has 2 aromatic heterocycles. The van der Waals surface area contributed by atoms with Gasteiger partial charge in [0.05, 0.1) is 6.26 Å².